The van der Waals surface area contributed by atoms with Crippen LogP contribution in [0.2, 0.25) is 0 Å². The van der Waals surface area contributed by atoms with Crippen molar-refractivity contribution in [2.24, 2.45) is 0 Å². The Bertz CT molecular complexity index is 603. The van der Waals surface area contributed by atoms with E-state index < -0.39 is 5.91 Å². The Hall–Kier alpha value is -2.32. The van der Waals surface area contributed by atoms with E-state index in [2.05, 4.69) is 31.4 Å². The van der Waals surface area contributed by atoms with Crippen molar-refractivity contribution in [1.29, 1.82) is 5.26 Å². The highest BCUT2D eigenvalue weighted by Gasteiger charge is 2.12. The van der Waals surface area contributed by atoms with Crippen molar-refractivity contribution in [2.45, 2.75) is 46.0 Å². The number of carbonyl (C=O) groups is 1. The largest absolute Gasteiger partial charge is 0.390 e. The molecule has 1 rings (SSSR count). The average molecular weight is 343 g/mol. The molecule has 1 aromatic rings. The van der Waals surface area contributed by atoms with Gasteiger partial charge in [0.2, 0.25) is 0 Å². The number of unbranched alkanes of at least 4 members (excludes halogenated alkanes) is 1. The molecule has 0 unspecified atom stereocenters. The average Bonchev–Trinajstić information content (AvgIpc) is 2.60. The van der Waals surface area contributed by atoms with Crippen molar-refractivity contribution in [1.82, 2.24) is 5.32 Å². The lowest BCUT2D eigenvalue weighted by molar-refractivity contribution is -0.112. The van der Waals surface area contributed by atoms with Gasteiger partial charge in [0.1, 0.15) is 11.6 Å². The molecule has 0 saturated heterocycles. The second-order valence-corrected chi connectivity index (χ2v) is 6.14. The van der Waals surface area contributed by atoms with E-state index in [-0.39, 0.29) is 11.5 Å². The number of nitrogens with one attached hydrogen (secondary N) is 2. The molecule has 0 aliphatic heterocycles. The summed E-state index contributed by atoms with van der Waals surface area (Å²) >= 11 is 0. The normalized spacial score (nSPS) is 11.2. The van der Waals surface area contributed by atoms with Crippen molar-refractivity contribution in [3.8, 4) is 6.07 Å². The van der Waals surface area contributed by atoms with Crippen LogP contribution in [0.3, 0.4) is 0 Å². The molecule has 25 heavy (non-hydrogen) atoms. The molecule has 0 radical (unpaired) electrons. The lowest BCUT2D eigenvalue weighted by Gasteiger charge is -2.13. The Morgan fingerprint density at radius 1 is 1.28 bits per heavy atom. The maximum Gasteiger partial charge on any atom is 0.267 e. The van der Waals surface area contributed by atoms with E-state index in [0.29, 0.717) is 13.2 Å². The van der Waals surface area contributed by atoms with E-state index in [0.717, 1.165) is 37.1 Å². The molecule has 1 aromatic carbocycles. The minimum Gasteiger partial charge on any atom is -0.390 e. The lowest BCUT2D eigenvalue weighted by atomic mass is 10.0. The fourth-order valence-electron chi connectivity index (χ4n) is 2.25. The van der Waals surface area contributed by atoms with Crippen molar-refractivity contribution in [2.75, 3.05) is 25.1 Å². The van der Waals surface area contributed by atoms with Crippen LogP contribution in [0.25, 0.3) is 0 Å². The predicted molar refractivity (Wildman–Crippen MR) is 101 cm³/mol. The van der Waals surface area contributed by atoms with Crippen LogP contribution in [-0.2, 0) is 9.53 Å². The Kier molecular flexibility index (Phi) is 10.0. The van der Waals surface area contributed by atoms with Gasteiger partial charge < -0.3 is 15.4 Å². The number of carbonyl (C=O) groups excluding carboxylic acids is 1. The molecule has 0 atom stereocenters. The van der Waals surface area contributed by atoms with E-state index in [1.54, 1.807) is 0 Å². The number of para-hydroxylation sites is 1. The third-order valence-corrected chi connectivity index (χ3v) is 3.69. The Morgan fingerprint density at radius 3 is 2.68 bits per heavy atom. The second-order valence-electron chi connectivity index (χ2n) is 6.14. The Balaban J connectivity index is 2.48. The van der Waals surface area contributed by atoms with Crippen LogP contribution >= 0.6 is 0 Å². The van der Waals surface area contributed by atoms with E-state index >= 15 is 0 Å². The van der Waals surface area contributed by atoms with E-state index in [1.165, 1.54) is 6.20 Å². The maximum atomic E-state index is 12.3. The Labute approximate surface area is 151 Å². The molecule has 2 N–H and O–H groups in total. The summed E-state index contributed by atoms with van der Waals surface area (Å²) in [6.07, 6.45) is 4.50. The van der Waals surface area contributed by atoms with Crippen LogP contribution in [0.15, 0.2) is 36.0 Å². The fourth-order valence-corrected chi connectivity index (χ4v) is 2.25. The number of rotatable bonds is 11. The number of benzene rings is 1. The topological polar surface area (TPSA) is 74.1 Å². The molecule has 0 aromatic heterocycles. The molecule has 0 saturated carbocycles. The molecule has 0 aliphatic carbocycles. The smallest absolute Gasteiger partial charge is 0.267 e. The molecule has 0 fully saturated rings. The molecular formula is C20H29N3O2. The first-order chi connectivity index (χ1) is 12.1. The quantitative estimate of drug-likeness (QED) is 0.362. The van der Waals surface area contributed by atoms with Gasteiger partial charge in [0.15, 0.2) is 0 Å². The molecule has 5 heteroatoms. The maximum absolute atomic E-state index is 12.3. The second kappa shape index (κ2) is 12.1. The number of hydrogen-bond acceptors (Lipinski definition) is 4. The molecule has 5 nitrogen and oxygen atoms in total. The van der Waals surface area contributed by atoms with Crippen molar-refractivity contribution in [3.05, 3.63) is 41.6 Å². The van der Waals surface area contributed by atoms with Crippen LogP contribution in [0, 0.1) is 11.3 Å². The first-order valence-corrected chi connectivity index (χ1v) is 8.91. The first-order valence-electron chi connectivity index (χ1n) is 8.91. The monoisotopic (exact) mass is 343 g/mol. The van der Waals surface area contributed by atoms with E-state index in [1.807, 2.05) is 30.3 Å². The summed E-state index contributed by atoms with van der Waals surface area (Å²) in [7, 11) is 0. The van der Waals surface area contributed by atoms with E-state index in [9.17, 15) is 10.1 Å². The lowest BCUT2D eigenvalue weighted by Crippen LogP contribution is -2.18. The van der Waals surface area contributed by atoms with E-state index in [4.69, 9.17) is 4.74 Å². The van der Waals surface area contributed by atoms with Gasteiger partial charge in [-0.25, -0.2) is 0 Å². The zero-order valence-electron chi connectivity index (χ0n) is 15.5. The van der Waals surface area contributed by atoms with Gasteiger partial charge in [-0.15, -0.1) is 0 Å². The molecule has 1 amide bonds. The molecule has 136 valence electrons. The third kappa shape index (κ3) is 7.86. The summed E-state index contributed by atoms with van der Waals surface area (Å²) < 4.78 is 5.46. The van der Waals surface area contributed by atoms with Crippen molar-refractivity contribution < 1.29 is 9.53 Å². The van der Waals surface area contributed by atoms with Crippen LogP contribution in [0.1, 0.15) is 51.5 Å². The minimum absolute atomic E-state index is 0.0606. The number of ether oxygens (including phenoxy) is 1. The summed E-state index contributed by atoms with van der Waals surface area (Å²) in [6, 6.07) is 9.58. The minimum atomic E-state index is -0.401. The molecule has 0 spiro atoms. The summed E-state index contributed by atoms with van der Waals surface area (Å²) in [6.45, 7) is 8.38. The Morgan fingerprint density at radius 2 is 2.00 bits per heavy atom. The number of nitrogens with zero attached hydrogens (tertiary/aromatic N) is 1. The zero-order chi connectivity index (χ0) is 18.5. The van der Waals surface area contributed by atoms with Crippen molar-refractivity contribution in [3.63, 3.8) is 0 Å². The number of amides is 1. The fraction of sp³-hybridized carbons (Fsp3) is 0.500. The van der Waals surface area contributed by atoms with Crippen LogP contribution < -0.4 is 10.6 Å². The van der Waals surface area contributed by atoms with Gasteiger partial charge in [-0.1, -0.05) is 45.4 Å². The SMILES string of the molecule is CCCCOCCCN/C=C(/C#N)C(=O)Nc1ccccc1C(C)C. The van der Waals surface area contributed by atoms with Gasteiger partial charge >= 0.3 is 0 Å². The molecule has 0 aliphatic rings. The summed E-state index contributed by atoms with van der Waals surface area (Å²) in [4.78, 5) is 12.3. The van der Waals surface area contributed by atoms with Gasteiger partial charge in [0.05, 0.1) is 0 Å². The highest BCUT2D eigenvalue weighted by atomic mass is 16.5. The third-order valence-electron chi connectivity index (χ3n) is 3.69. The summed E-state index contributed by atoms with van der Waals surface area (Å²) in [5, 5.41) is 15.0. The van der Waals surface area contributed by atoms with Gasteiger partial charge in [0.25, 0.3) is 5.91 Å². The molecule has 0 heterocycles. The van der Waals surface area contributed by atoms with Gasteiger partial charge in [-0.3, -0.25) is 4.79 Å². The van der Waals surface area contributed by atoms with Crippen LogP contribution in [0.4, 0.5) is 5.69 Å². The highest BCUT2D eigenvalue weighted by Crippen LogP contribution is 2.23. The number of nitriles is 1. The summed E-state index contributed by atoms with van der Waals surface area (Å²) in [5.41, 5.74) is 1.85. The van der Waals surface area contributed by atoms with Crippen LogP contribution in [-0.4, -0.2) is 25.7 Å². The first kappa shape index (κ1) is 20.7. The summed E-state index contributed by atoms with van der Waals surface area (Å²) in [5.74, 6) is -0.112. The number of hydrogen-bond donors (Lipinski definition) is 2. The highest BCUT2D eigenvalue weighted by molar-refractivity contribution is 6.06. The standard InChI is InChI=1S/C20H29N3O2/c1-4-5-12-25-13-8-11-22-15-17(14-21)20(24)23-19-10-7-6-9-18(19)16(2)3/h6-7,9-10,15-16,22H,4-5,8,11-13H2,1-3H3,(H,23,24)/b17-15-. The van der Waals surface area contributed by atoms with Gasteiger partial charge in [-0.05, 0) is 30.4 Å². The predicted octanol–water partition coefficient (Wildman–Crippen LogP) is 3.95. The molecular weight excluding hydrogens is 314 g/mol. The van der Waals surface area contributed by atoms with Crippen molar-refractivity contribution >= 4 is 11.6 Å². The van der Waals surface area contributed by atoms with Gasteiger partial charge in [0, 0.05) is 31.6 Å². The van der Waals surface area contributed by atoms with Crippen LogP contribution in [0.5, 0.6) is 0 Å². The number of anilines is 1. The zero-order valence-corrected chi connectivity index (χ0v) is 15.5. The molecule has 0 bridgehead atoms. The van der Waals surface area contributed by atoms with Gasteiger partial charge in [-0.2, -0.15) is 5.26 Å².